The Labute approximate surface area is 118 Å². The smallest absolute Gasteiger partial charge is 0.224 e. The Hall–Kier alpha value is -2.54. The van der Waals surface area contributed by atoms with Gasteiger partial charge in [-0.15, -0.1) is 0 Å². The highest BCUT2D eigenvalue weighted by Crippen LogP contribution is 2.15. The molecule has 0 fully saturated rings. The lowest BCUT2D eigenvalue weighted by Crippen LogP contribution is -2.27. The molecule has 1 amide bonds. The molecule has 0 aliphatic carbocycles. The molecule has 2 aromatic rings. The summed E-state index contributed by atoms with van der Waals surface area (Å²) in [6.07, 6.45) is 0.287. The van der Waals surface area contributed by atoms with Crippen LogP contribution in [-0.4, -0.2) is 5.91 Å². The lowest BCUT2D eigenvalue weighted by atomic mass is 10.1. The monoisotopic (exact) mass is 268 g/mol. The summed E-state index contributed by atoms with van der Waals surface area (Å²) in [4.78, 5) is 11.9. The molecular formula is C16H16N2O2. The maximum absolute atomic E-state index is 11.9. The highest BCUT2D eigenvalue weighted by Gasteiger charge is 2.12. The maximum Gasteiger partial charge on any atom is 0.224 e. The highest BCUT2D eigenvalue weighted by molar-refractivity contribution is 5.78. The zero-order valence-corrected chi connectivity index (χ0v) is 11.5. The van der Waals surface area contributed by atoms with Gasteiger partial charge in [0.15, 0.2) is 0 Å². The van der Waals surface area contributed by atoms with E-state index in [4.69, 9.17) is 9.68 Å². The van der Waals surface area contributed by atoms with Gasteiger partial charge in [0.1, 0.15) is 11.5 Å². The van der Waals surface area contributed by atoms with Gasteiger partial charge in [-0.05, 0) is 43.7 Å². The number of aryl methyl sites for hydroxylation is 1. The predicted octanol–water partition coefficient (Wildman–Crippen LogP) is 2.88. The molecular weight excluding hydrogens is 252 g/mol. The summed E-state index contributed by atoms with van der Waals surface area (Å²) < 4.78 is 5.48. The molecule has 0 aliphatic heterocycles. The fraction of sp³-hybridized carbons (Fsp3) is 0.250. The van der Waals surface area contributed by atoms with E-state index in [1.165, 1.54) is 0 Å². The largest absolute Gasteiger partial charge is 0.464 e. The van der Waals surface area contributed by atoms with Crippen LogP contribution in [0.25, 0.3) is 0 Å². The minimum atomic E-state index is -0.158. The molecule has 20 heavy (non-hydrogen) atoms. The quantitative estimate of drug-likeness (QED) is 0.927. The molecule has 0 saturated carbocycles. The second-order valence-corrected chi connectivity index (χ2v) is 4.72. The molecule has 4 heteroatoms. The lowest BCUT2D eigenvalue weighted by molar-refractivity contribution is -0.121. The van der Waals surface area contributed by atoms with Crippen molar-refractivity contribution in [2.75, 3.05) is 0 Å². The van der Waals surface area contributed by atoms with Gasteiger partial charge < -0.3 is 9.73 Å². The summed E-state index contributed by atoms with van der Waals surface area (Å²) in [5.41, 5.74) is 1.47. The van der Waals surface area contributed by atoms with Gasteiger partial charge in [0.2, 0.25) is 5.91 Å². The van der Waals surface area contributed by atoms with Crippen LogP contribution in [-0.2, 0) is 11.2 Å². The number of nitrogens with zero attached hydrogens (tertiary/aromatic N) is 1. The third kappa shape index (κ3) is 3.48. The van der Waals surface area contributed by atoms with Crippen LogP contribution >= 0.6 is 0 Å². The summed E-state index contributed by atoms with van der Waals surface area (Å²) in [6.45, 7) is 3.75. The molecule has 0 bridgehead atoms. The van der Waals surface area contributed by atoms with E-state index in [0.717, 1.165) is 17.1 Å². The molecule has 0 saturated heterocycles. The third-order valence-corrected chi connectivity index (χ3v) is 3.01. The maximum atomic E-state index is 11.9. The number of carbonyl (C=O) groups excluding carboxylic acids is 1. The number of rotatable bonds is 4. The topological polar surface area (TPSA) is 66.0 Å². The molecule has 102 valence electrons. The fourth-order valence-corrected chi connectivity index (χ4v) is 1.93. The highest BCUT2D eigenvalue weighted by atomic mass is 16.3. The molecule has 1 aromatic heterocycles. The van der Waals surface area contributed by atoms with Gasteiger partial charge in [-0.2, -0.15) is 5.26 Å². The number of furan rings is 1. The van der Waals surface area contributed by atoms with Gasteiger partial charge in [-0.3, -0.25) is 4.79 Å². The number of nitrogens with one attached hydrogen (secondary N) is 1. The summed E-state index contributed by atoms with van der Waals surface area (Å²) in [6, 6.07) is 12.6. The van der Waals surface area contributed by atoms with E-state index in [0.29, 0.717) is 5.56 Å². The SMILES string of the molecule is Cc1ccc(C(C)NC(=O)Cc2ccc(C#N)cc2)o1. The van der Waals surface area contributed by atoms with Crippen LogP contribution in [0.3, 0.4) is 0 Å². The second kappa shape index (κ2) is 6.07. The van der Waals surface area contributed by atoms with Crippen molar-refractivity contribution in [3.8, 4) is 6.07 Å². The van der Waals surface area contributed by atoms with Gasteiger partial charge in [0.25, 0.3) is 0 Å². The molecule has 1 heterocycles. The first-order chi connectivity index (χ1) is 9.58. The van der Waals surface area contributed by atoms with E-state index in [-0.39, 0.29) is 18.4 Å². The third-order valence-electron chi connectivity index (χ3n) is 3.01. The Morgan fingerprint density at radius 2 is 2.00 bits per heavy atom. The minimum absolute atomic E-state index is 0.0729. The summed E-state index contributed by atoms with van der Waals surface area (Å²) in [7, 11) is 0. The van der Waals surface area contributed by atoms with Crippen molar-refractivity contribution in [3.63, 3.8) is 0 Å². The van der Waals surface area contributed by atoms with E-state index < -0.39 is 0 Å². The van der Waals surface area contributed by atoms with Crippen molar-refractivity contribution in [1.82, 2.24) is 5.32 Å². The fourth-order valence-electron chi connectivity index (χ4n) is 1.93. The Morgan fingerprint density at radius 1 is 1.30 bits per heavy atom. The number of hydrogen-bond donors (Lipinski definition) is 1. The summed E-state index contributed by atoms with van der Waals surface area (Å²) >= 11 is 0. The van der Waals surface area contributed by atoms with Crippen molar-refractivity contribution >= 4 is 5.91 Å². The lowest BCUT2D eigenvalue weighted by Gasteiger charge is -2.11. The van der Waals surface area contributed by atoms with Gasteiger partial charge >= 0.3 is 0 Å². The van der Waals surface area contributed by atoms with Crippen LogP contribution < -0.4 is 5.32 Å². The van der Waals surface area contributed by atoms with E-state index in [2.05, 4.69) is 11.4 Å². The molecule has 2 rings (SSSR count). The van der Waals surface area contributed by atoms with E-state index in [9.17, 15) is 4.79 Å². The number of amides is 1. The van der Waals surface area contributed by atoms with Gasteiger partial charge in [0.05, 0.1) is 24.1 Å². The Kier molecular flexibility index (Phi) is 4.21. The number of benzene rings is 1. The van der Waals surface area contributed by atoms with Gasteiger partial charge in [0, 0.05) is 0 Å². The molecule has 4 nitrogen and oxygen atoms in total. The number of hydrogen-bond acceptors (Lipinski definition) is 3. The predicted molar refractivity (Wildman–Crippen MR) is 74.9 cm³/mol. The first kappa shape index (κ1) is 13.9. The van der Waals surface area contributed by atoms with Gasteiger partial charge in [-0.1, -0.05) is 12.1 Å². The van der Waals surface area contributed by atoms with E-state index in [1.807, 2.05) is 26.0 Å². The first-order valence-corrected chi connectivity index (χ1v) is 6.43. The van der Waals surface area contributed by atoms with Crippen LogP contribution in [0.4, 0.5) is 0 Å². The van der Waals surface area contributed by atoms with Crippen molar-refractivity contribution in [2.45, 2.75) is 26.3 Å². The molecule has 0 spiro atoms. The van der Waals surface area contributed by atoms with Crippen LogP contribution in [0.15, 0.2) is 40.8 Å². The Morgan fingerprint density at radius 3 is 2.55 bits per heavy atom. The second-order valence-electron chi connectivity index (χ2n) is 4.72. The Bertz CT molecular complexity index is 635. The van der Waals surface area contributed by atoms with Crippen LogP contribution in [0, 0.1) is 18.3 Å². The zero-order valence-electron chi connectivity index (χ0n) is 11.5. The molecule has 1 atom stereocenters. The van der Waals surface area contributed by atoms with Crippen molar-refractivity contribution in [1.29, 1.82) is 5.26 Å². The van der Waals surface area contributed by atoms with Crippen molar-refractivity contribution in [3.05, 3.63) is 59.0 Å². The summed E-state index contributed by atoms with van der Waals surface area (Å²) in [5, 5.41) is 11.6. The standard InChI is InChI=1S/C16H16N2O2/c1-11-3-8-15(20-11)12(2)18-16(19)9-13-4-6-14(10-17)7-5-13/h3-8,12H,9H2,1-2H3,(H,18,19). The average Bonchev–Trinajstić information content (AvgIpc) is 2.86. The molecule has 1 aromatic carbocycles. The van der Waals surface area contributed by atoms with Gasteiger partial charge in [-0.25, -0.2) is 0 Å². The number of carbonyl (C=O) groups is 1. The average molecular weight is 268 g/mol. The molecule has 1 N–H and O–H groups in total. The first-order valence-electron chi connectivity index (χ1n) is 6.43. The Balaban J connectivity index is 1.93. The van der Waals surface area contributed by atoms with Crippen LogP contribution in [0.2, 0.25) is 0 Å². The molecule has 1 unspecified atom stereocenters. The normalized spacial score (nSPS) is 11.7. The van der Waals surface area contributed by atoms with Crippen molar-refractivity contribution in [2.24, 2.45) is 0 Å². The number of nitriles is 1. The van der Waals surface area contributed by atoms with Crippen LogP contribution in [0.1, 0.15) is 35.6 Å². The molecule has 0 radical (unpaired) electrons. The zero-order chi connectivity index (χ0) is 14.5. The van der Waals surface area contributed by atoms with Crippen LogP contribution in [0.5, 0.6) is 0 Å². The molecule has 0 aliphatic rings. The summed E-state index contributed by atoms with van der Waals surface area (Å²) in [5.74, 6) is 1.50. The van der Waals surface area contributed by atoms with E-state index >= 15 is 0 Å². The minimum Gasteiger partial charge on any atom is -0.464 e. The van der Waals surface area contributed by atoms with Crippen molar-refractivity contribution < 1.29 is 9.21 Å². The van der Waals surface area contributed by atoms with E-state index in [1.54, 1.807) is 24.3 Å².